The SMILES string of the molecule is O=c1ccn2c(c1O)C(O)=[N+](Cc1ccc(F)cc1)CC2CCN1CCCC1. The van der Waals surface area contributed by atoms with Crippen LogP contribution in [0.2, 0.25) is 0 Å². The molecule has 2 aromatic rings. The second-order valence-electron chi connectivity index (χ2n) is 7.61. The van der Waals surface area contributed by atoms with Crippen molar-refractivity contribution >= 4 is 5.90 Å². The molecule has 3 heterocycles. The Morgan fingerprint density at radius 3 is 2.54 bits per heavy atom. The summed E-state index contributed by atoms with van der Waals surface area (Å²) in [4.78, 5) is 14.4. The maximum atomic E-state index is 13.2. The summed E-state index contributed by atoms with van der Waals surface area (Å²) in [6.07, 6.45) is 4.94. The summed E-state index contributed by atoms with van der Waals surface area (Å²) in [5.41, 5.74) is 0.490. The summed E-state index contributed by atoms with van der Waals surface area (Å²) in [6, 6.07) is 7.47. The standard InChI is InChI=1S/C21H24FN3O3/c22-16-5-3-15(4-6-16)13-24-14-17(7-11-23-9-1-2-10-23)25-12-8-18(26)20(27)19(25)21(24)28/h3-6,8,12,17H,1-2,7,9-11,13-14H2,(H,27,28)/p+1. The summed E-state index contributed by atoms with van der Waals surface area (Å²) in [6.45, 7) is 4.06. The zero-order valence-corrected chi connectivity index (χ0v) is 15.7. The van der Waals surface area contributed by atoms with Crippen LogP contribution in [0.5, 0.6) is 5.75 Å². The van der Waals surface area contributed by atoms with E-state index in [9.17, 15) is 19.4 Å². The lowest BCUT2D eigenvalue weighted by molar-refractivity contribution is -0.559. The molecule has 2 aliphatic rings. The van der Waals surface area contributed by atoms with Crippen molar-refractivity contribution < 1.29 is 19.2 Å². The first-order valence-corrected chi connectivity index (χ1v) is 9.75. The molecule has 1 fully saturated rings. The zero-order valence-electron chi connectivity index (χ0n) is 15.7. The summed E-state index contributed by atoms with van der Waals surface area (Å²) in [5.74, 6) is -0.874. The second kappa shape index (κ2) is 7.75. The van der Waals surface area contributed by atoms with E-state index in [1.807, 2.05) is 4.57 Å². The van der Waals surface area contributed by atoms with Gasteiger partial charge in [-0.2, -0.15) is 4.58 Å². The fourth-order valence-corrected chi connectivity index (χ4v) is 4.16. The Bertz CT molecular complexity index is 946. The van der Waals surface area contributed by atoms with Gasteiger partial charge < -0.3 is 19.7 Å². The molecule has 0 saturated carbocycles. The number of hydrogen-bond donors (Lipinski definition) is 2. The van der Waals surface area contributed by atoms with Crippen molar-refractivity contribution in [2.45, 2.75) is 31.8 Å². The average molecular weight is 386 g/mol. The third-order valence-electron chi connectivity index (χ3n) is 5.70. The van der Waals surface area contributed by atoms with Crippen LogP contribution in [0.25, 0.3) is 0 Å². The topological polar surface area (TPSA) is 68.7 Å². The summed E-state index contributed by atoms with van der Waals surface area (Å²) in [7, 11) is 0. The zero-order chi connectivity index (χ0) is 19.7. The van der Waals surface area contributed by atoms with E-state index in [1.165, 1.54) is 31.0 Å². The van der Waals surface area contributed by atoms with Gasteiger partial charge in [0, 0.05) is 24.4 Å². The van der Waals surface area contributed by atoms with Gasteiger partial charge in [-0.3, -0.25) is 4.79 Å². The number of aliphatic hydroxyl groups excluding tert-OH is 1. The van der Waals surface area contributed by atoms with Crippen molar-refractivity contribution in [2.75, 3.05) is 26.2 Å². The van der Waals surface area contributed by atoms with Gasteiger partial charge in [0.25, 0.3) is 0 Å². The Morgan fingerprint density at radius 2 is 1.82 bits per heavy atom. The number of pyridine rings is 1. The van der Waals surface area contributed by atoms with Crippen molar-refractivity contribution in [1.29, 1.82) is 0 Å². The monoisotopic (exact) mass is 386 g/mol. The molecule has 1 saturated heterocycles. The Morgan fingerprint density at radius 1 is 1.11 bits per heavy atom. The summed E-state index contributed by atoms with van der Waals surface area (Å²) >= 11 is 0. The van der Waals surface area contributed by atoms with E-state index < -0.39 is 11.2 Å². The van der Waals surface area contributed by atoms with Crippen LogP contribution in [-0.4, -0.2) is 56.3 Å². The molecular weight excluding hydrogens is 361 g/mol. The highest BCUT2D eigenvalue weighted by molar-refractivity contribution is 5.90. The van der Waals surface area contributed by atoms with Gasteiger partial charge in [-0.15, -0.1) is 0 Å². The van der Waals surface area contributed by atoms with Crippen molar-refractivity contribution in [3.05, 3.63) is 63.8 Å². The number of halogens is 1. The van der Waals surface area contributed by atoms with Crippen LogP contribution in [0.15, 0.2) is 41.3 Å². The van der Waals surface area contributed by atoms with Crippen LogP contribution < -0.4 is 5.43 Å². The number of likely N-dealkylation sites (tertiary alicyclic amines) is 1. The normalized spacial score (nSPS) is 19.8. The smallest absolute Gasteiger partial charge is 0.389 e. The molecule has 0 aliphatic carbocycles. The molecular formula is C21H25FN3O3+. The predicted octanol–water partition coefficient (Wildman–Crippen LogP) is 2.25. The lowest BCUT2D eigenvalue weighted by Gasteiger charge is -2.27. The predicted molar refractivity (Wildman–Crippen MR) is 104 cm³/mol. The van der Waals surface area contributed by atoms with Gasteiger partial charge in [-0.25, -0.2) is 4.39 Å². The van der Waals surface area contributed by atoms with E-state index in [2.05, 4.69) is 4.90 Å². The molecule has 4 rings (SSSR count). The molecule has 0 radical (unpaired) electrons. The average Bonchev–Trinajstić information content (AvgIpc) is 3.21. The van der Waals surface area contributed by atoms with Crippen molar-refractivity contribution in [1.82, 2.24) is 9.47 Å². The highest BCUT2D eigenvalue weighted by Gasteiger charge is 2.35. The van der Waals surface area contributed by atoms with Crippen LogP contribution in [0.1, 0.15) is 36.6 Å². The van der Waals surface area contributed by atoms with E-state index in [-0.39, 0.29) is 23.5 Å². The molecule has 1 aromatic heterocycles. The van der Waals surface area contributed by atoms with Gasteiger partial charge in [-0.05, 0) is 56.6 Å². The van der Waals surface area contributed by atoms with E-state index in [4.69, 9.17) is 0 Å². The minimum Gasteiger partial charge on any atom is -0.502 e. The van der Waals surface area contributed by atoms with Gasteiger partial charge in [0.1, 0.15) is 5.82 Å². The molecule has 2 aliphatic heterocycles. The first-order chi connectivity index (χ1) is 13.5. The highest BCUT2D eigenvalue weighted by atomic mass is 19.1. The molecule has 0 amide bonds. The molecule has 7 heteroatoms. The molecule has 6 nitrogen and oxygen atoms in total. The van der Waals surface area contributed by atoms with Crippen molar-refractivity contribution in [2.24, 2.45) is 0 Å². The number of aliphatic hydroxyl groups is 1. The maximum absolute atomic E-state index is 13.2. The van der Waals surface area contributed by atoms with E-state index >= 15 is 0 Å². The van der Waals surface area contributed by atoms with Crippen molar-refractivity contribution in [3.8, 4) is 5.75 Å². The highest BCUT2D eigenvalue weighted by Crippen LogP contribution is 2.26. The number of fused-ring (bicyclic) bond motifs is 1. The first kappa shape index (κ1) is 18.7. The minimum atomic E-state index is -0.514. The van der Waals surface area contributed by atoms with E-state index in [0.717, 1.165) is 31.6 Å². The van der Waals surface area contributed by atoms with Crippen LogP contribution in [0.4, 0.5) is 4.39 Å². The van der Waals surface area contributed by atoms with Crippen LogP contribution >= 0.6 is 0 Å². The van der Waals surface area contributed by atoms with Gasteiger partial charge >= 0.3 is 5.90 Å². The van der Waals surface area contributed by atoms with Gasteiger partial charge in [0.2, 0.25) is 11.1 Å². The first-order valence-electron chi connectivity index (χ1n) is 9.75. The third kappa shape index (κ3) is 3.67. The van der Waals surface area contributed by atoms with Crippen LogP contribution in [0.3, 0.4) is 0 Å². The molecule has 2 N–H and O–H groups in total. The fraction of sp³-hybridized carbons (Fsp3) is 0.429. The molecule has 1 aromatic carbocycles. The number of rotatable bonds is 5. The van der Waals surface area contributed by atoms with Crippen LogP contribution in [-0.2, 0) is 6.54 Å². The molecule has 148 valence electrons. The lowest BCUT2D eigenvalue weighted by Crippen LogP contribution is -2.39. The second-order valence-corrected chi connectivity index (χ2v) is 7.61. The Balaban J connectivity index is 1.65. The molecule has 0 spiro atoms. The molecule has 1 unspecified atom stereocenters. The van der Waals surface area contributed by atoms with Crippen molar-refractivity contribution in [3.63, 3.8) is 0 Å². The number of aromatic hydroxyl groups is 1. The molecule has 0 bridgehead atoms. The number of aromatic nitrogens is 1. The Labute approximate surface area is 162 Å². The fourth-order valence-electron chi connectivity index (χ4n) is 4.16. The summed E-state index contributed by atoms with van der Waals surface area (Å²) in [5, 5.41) is 21.1. The third-order valence-corrected chi connectivity index (χ3v) is 5.70. The van der Waals surface area contributed by atoms with Gasteiger partial charge in [0.15, 0.2) is 18.8 Å². The summed E-state index contributed by atoms with van der Waals surface area (Å²) < 4.78 is 16.8. The molecule has 28 heavy (non-hydrogen) atoms. The number of hydrogen-bond acceptors (Lipinski definition) is 3. The van der Waals surface area contributed by atoms with E-state index in [1.54, 1.807) is 22.9 Å². The lowest BCUT2D eigenvalue weighted by atomic mass is 10.1. The van der Waals surface area contributed by atoms with Crippen LogP contribution in [0, 0.1) is 5.82 Å². The quantitative estimate of drug-likeness (QED) is 0.774. The Kier molecular flexibility index (Phi) is 5.17. The van der Waals surface area contributed by atoms with Gasteiger partial charge in [0.05, 0.1) is 6.04 Å². The number of benzene rings is 1. The van der Waals surface area contributed by atoms with Gasteiger partial charge in [-0.1, -0.05) is 0 Å². The minimum absolute atomic E-state index is 0.0125. The Hall–Kier alpha value is -2.67. The maximum Gasteiger partial charge on any atom is 0.389 e. The largest absolute Gasteiger partial charge is 0.502 e. The number of nitrogens with zero attached hydrogens (tertiary/aromatic N) is 3. The van der Waals surface area contributed by atoms with E-state index in [0.29, 0.717) is 13.1 Å². The molecule has 1 atom stereocenters.